The highest BCUT2D eigenvalue weighted by Gasteiger charge is 2.44. The first-order valence-electron chi connectivity index (χ1n) is 10.8. The minimum Gasteiger partial charge on any atom is -0.361 e. The van der Waals surface area contributed by atoms with Crippen molar-refractivity contribution < 1.29 is 18.5 Å². The standard InChI is InChI=1S/C25H26FN3O3/c1-2-27-24(31)25(16-21-15-22(28-32-21)18-8-4-3-5-9-18)12-7-13-29(17-25)23(30)19-10-6-11-20(26)14-19/h3-6,8-11,14-15H,2,7,12-13,16-17H2,1H3,(H,27,31)/t25-/m1/s1. The molecule has 0 saturated carbocycles. The lowest BCUT2D eigenvalue weighted by molar-refractivity contribution is -0.133. The fourth-order valence-corrected chi connectivity index (χ4v) is 4.34. The van der Waals surface area contributed by atoms with E-state index in [0.29, 0.717) is 43.8 Å². The maximum absolute atomic E-state index is 13.7. The van der Waals surface area contributed by atoms with E-state index in [0.717, 1.165) is 5.56 Å². The molecule has 0 radical (unpaired) electrons. The van der Waals surface area contributed by atoms with Crippen molar-refractivity contribution in [1.82, 2.24) is 15.4 Å². The number of nitrogens with one attached hydrogen (secondary N) is 1. The van der Waals surface area contributed by atoms with E-state index in [1.807, 2.05) is 43.3 Å². The van der Waals surface area contributed by atoms with Crippen LogP contribution in [-0.4, -0.2) is 41.5 Å². The molecule has 2 aromatic carbocycles. The summed E-state index contributed by atoms with van der Waals surface area (Å²) >= 11 is 0. The van der Waals surface area contributed by atoms with Crippen LogP contribution in [0, 0.1) is 11.2 Å². The van der Waals surface area contributed by atoms with Gasteiger partial charge in [-0.25, -0.2) is 4.39 Å². The van der Waals surface area contributed by atoms with E-state index in [1.165, 1.54) is 18.2 Å². The summed E-state index contributed by atoms with van der Waals surface area (Å²) in [5.74, 6) is -0.261. The lowest BCUT2D eigenvalue weighted by atomic mass is 9.75. The van der Waals surface area contributed by atoms with E-state index in [-0.39, 0.29) is 23.9 Å². The van der Waals surface area contributed by atoms with Gasteiger partial charge >= 0.3 is 0 Å². The molecule has 32 heavy (non-hydrogen) atoms. The van der Waals surface area contributed by atoms with E-state index in [4.69, 9.17) is 4.52 Å². The Morgan fingerprint density at radius 3 is 2.72 bits per heavy atom. The number of likely N-dealkylation sites (tertiary alicyclic amines) is 1. The molecule has 1 aliphatic heterocycles. The lowest BCUT2D eigenvalue weighted by Gasteiger charge is -2.41. The number of hydrogen-bond donors (Lipinski definition) is 1. The molecule has 0 spiro atoms. The second-order valence-corrected chi connectivity index (χ2v) is 8.20. The maximum atomic E-state index is 13.7. The third-order valence-corrected chi connectivity index (χ3v) is 5.90. The van der Waals surface area contributed by atoms with E-state index < -0.39 is 11.2 Å². The van der Waals surface area contributed by atoms with Crippen LogP contribution in [0.25, 0.3) is 11.3 Å². The van der Waals surface area contributed by atoms with Crippen LogP contribution in [0.4, 0.5) is 4.39 Å². The number of rotatable bonds is 6. The fraction of sp³-hybridized carbons (Fsp3) is 0.320. The van der Waals surface area contributed by atoms with E-state index in [9.17, 15) is 14.0 Å². The Morgan fingerprint density at radius 2 is 1.97 bits per heavy atom. The zero-order valence-electron chi connectivity index (χ0n) is 18.0. The summed E-state index contributed by atoms with van der Waals surface area (Å²) in [6, 6.07) is 17.2. The SMILES string of the molecule is CCNC(=O)[C@@]1(Cc2cc(-c3ccccc3)no2)CCCN(C(=O)c2cccc(F)c2)C1. The van der Waals surface area contributed by atoms with E-state index in [2.05, 4.69) is 10.5 Å². The van der Waals surface area contributed by atoms with Crippen molar-refractivity contribution >= 4 is 11.8 Å². The van der Waals surface area contributed by atoms with Gasteiger partial charge in [0, 0.05) is 43.2 Å². The molecule has 1 aromatic heterocycles. The average Bonchev–Trinajstić information content (AvgIpc) is 3.28. The number of hydrogen-bond acceptors (Lipinski definition) is 4. The molecular weight excluding hydrogens is 409 g/mol. The van der Waals surface area contributed by atoms with Gasteiger partial charge in [-0.1, -0.05) is 41.6 Å². The predicted octanol–water partition coefficient (Wildman–Crippen LogP) is 4.08. The Balaban J connectivity index is 1.59. The molecular formula is C25H26FN3O3. The van der Waals surface area contributed by atoms with Gasteiger partial charge in [0.05, 0.1) is 5.41 Å². The first kappa shape index (κ1) is 21.7. The summed E-state index contributed by atoms with van der Waals surface area (Å²) in [7, 11) is 0. The van der Waals surface area contributed by atoms with Crippen LogP contribution in [0.1, 0.15) is 35.9 Å². The van der Waals surface area contributed by atoms with Gasteiger partial charge in [0.1, 0.15) is 17.3 Å². The van der Waals surface area contributed by atoms with Crippen molar-refractivity contribution in [2.45, 2.75) is 26.2 Å². The first-order chi connectivity index (χ1) is 15.5. The van der Waals surface area contributed by atoms with Crippen molar-refractivity contribution in [3.05, 3.63) is 77.8 Å². The second-order valence-electron chi connectivity index (χ2n) is 8.20. The molecule has 1 atom stereocenters. The summed E-state index contributed by atoms with van der Waals surface area (Å²) < 4.78 is 19.2. The van der Waals surface area contributed by atoms with Crippen molar-refractivity contribution in [1.29, 1.82) is 0 Å². The van der Waals surface area contributed by atoms with Gasteiger partial charge < -0.3 is 14.7 Å². The highest BCUT2D eigenvalue weighted by molar-refractivity contribution is 5.95. The summed E-state index contributed by atoms with van der Waals surface area (Å²) in [5.41, 5.74) is 1.07. The van der Waals surface area contributed by atoms with Gasteiger partial charge in [0.2, 0.25) is 5.91 Å². The summed E-state index contributed by atoms with van der Waals surface area (Å²) in [5, 5.41) is 7.10. The van der Waals surface area contributed by atoms with Gasteiger partial charge in [-0.05, 0) is 38.0 Å². The third kappa shape index (κ3) is 4.56. The molecule has 0 unspecified atom stereocenters. The number of piperidine rings is 1. The number of benzene rings is 2. The van der Waals surface area contributed by atoms with Gasteiger partial charge in [0.15, 0.2) is 0 Å². The number of carbonyl (C=O) groups is 2. The summed E-state index contributed by atoms with van der Waals surface area (Å²) in [6.45, 7) is 3.11. The van der Waals surface area contributed by atoms with Crippen LogP contribution in [0.3, 0.4) is 0 Å². The number of nitrogens with zero attached hydrogens (tertiary/aromatic N) is 2. The van der Waals surface area contributed by atoms with Crippen LogP contribution in [-0.2, 0) is 11.2 Å². The van der Waals surface area contributed by atoms with Gasteiger partial charge in [-0.3, -0.25) is 9.59 Å². The molecule has 3 aromatic rings. The zero-order chi connectivity index (χ0) is 22.6. The topological polar surface area (TPSA) is 75.4 Å². The van der Waals surface area contributed by atoms with Crippen LogP contribution in [0.5, 0.6) is 0 Å². The number of carbonyl (C=O) groups excluding carboxylic acids is 2. The second kappa shape index (κ2) is 9.34. The summed E-state index contributed by atoms with van der Waals surface area (Å²) in [6.07, 6.45) is 1.61. The van der Waals surface area contributed by atoms with Gasteiger partial charge in [-0.2, -0.15) is 0 Å². The molecule has 6 nitrogen and oxygen atoms in total. The normalized spacial score (nSPS) is 18.4. The van der Waals surface area contributed by atoms with Crippen LogP contribution >= 0.6 is 0 Å². The number of aromatic nitrogens is 1. The third-order valence-electron chi connectivity index (χ3n) is 5.90. The Morgan fingerprint density at radius 1 is 1.16 bits per heavy atom. The molecule has 2 amide bonds. The Bertz CT molecular complexity index is 1100. The summed E-state index contributed by atoms with van der Waals surface area (Å²) in [4.78, 5) is 27.9. The minimum absolute atomic E-state index is 0.116. The molecule has 4 rings (SSSR count). The van der Waals surface area contributed by atoms with Crippen LogP contribution < -0.4 is 5.32 Å². The number of amides is 2. The molecule has 166 valence electrons. The molecule has 1 fully saturated rings. The average molecular weight is 435 g/mol. The Labute approximate surface area is 186 Å². The van der Waals surface area contributed by atoms with E-state index in [1.54, 1.807) is 11.0 Å². The van der Waals surface area contributed by atoms with Gasteiger partial charge in [0.25, 0.3) is 5.91 Å². The zero-order valence-corrected chi connectivity index (χ0v) is 18.0. The molecule has 1 saturated heterocycles. The fourth-order valence-electron chi connectivity index (χ4n) is 4.34. The highest BCUT2D eigenvalue weighted by atomic mass is 19.1. The van der Waals surface area contributed by atoms with Crippen molar-refractivity contribution in [3.63, 3.8) is 0 Å². The largest absolute Gasteiger partial charge is 0.361 e. The Hall–Kier alpha value is -3.48. The van der Waals surface area contributed by atoms with Gasteiger partial charge in [-0.15, -0.1) is 0 Å². The number of halogens is 1. The van der Waals surface area contributed by atoms with Crippen LogP contribution in [0.2, 0.25) is 0 Å². The van der Waals surface area contributed by atoms with Crippen molar-refractivity contribution in [3.8, 4) is 11.3 Å². The molecule has 0 bridgehead atoms. The predicted molar refractivity (Wildman–Crippen MR) is 118 cm³/mol. The smallest absolute Gasteiger partial charge is 0.253 e. The van der Waals surface area contributed by atoms with Crippen molar-refractivity contribution in [2.24, 2.45) is 5.41 Å². The van der Waals surface area contributed by atoms with Crippen LogP contribution in [0.15, 0.2) is 65.2 Å². The van der Waals surface area contributed by atoms with Crippen molar-refractivity contribution in [2.75, 3.05) is 19.6 Å². The highest BCUT2D eigenvalue weighted by Crippen LogP contribution is 2.36. The monoisotopic (exact) mass is 435 g/mol. The maximum Gasteiger partial charge on any atom is 0.253 e. The molecule has 1 aliphatic rings. The lowest BCUT2D eigenvalue weighted by Crippen LogP contribution is -2.54. The minimum atomic E-state index is -0.843. The first-order valence-corrected chi connectivity index (χ1v) is 10.8. The molecule has 7 heteroatoms. The molecule has 0 aliphatic carbocycles. The molecule has 1 N–H and O–H groups in total. The quantitative estimate of drug-likeness (QED) is 0.633. The molecule has 2 heterocycles. The Kier molecular flexibility index (Phi) is 6.35. The van der Waals surface area contributed by atoms with E-state index >= 15 is 0 Å².